The zero-order chi connectivity index (χ0) is 10.5. The molecular weight excluding hydrogens is 182 g/mol. The van der Waals surface area contributed by atoms with Gasteiger partial charge in [0.05, 0.1) is 14.3 Å². The predicted octanol–water partition coefficient (Wildman–Crippen LogP) is 1.88. The summed E-state index contributed by atoms with van der Waals surface area (Å²) in [5.41, 5.74) is -0.124. The van der Waals surface area contributed by atoms with E-state index in [1.165, 1.54) is 0 Å². The summed E-state index contributed by atoms with van der Waals surface area (Å²) in [5.74, 6) is -0.587. The lowest BCUT2D eigenvalue weighted by Gasteiger charge is -2.18. The quantitative estimate of drug-likeness (QED) is 0.299. The van der Waals surface area contributed by atoms with E-state index < -0.39 is 14.0 Å². The monoisotopic (exact) mass is 197 g/mol. The van der Waals surface area contributed by atoms with Crippen LogP contribution in [0.2, 0.25) is 19.1 Å². The van der Waals surface area contributed by atoms with Gasteiger partial charge in [0.15, 0.2) is 0 Å². The van der Waals surface area contributed by atoms with Gasteiger partial charge in [0.1, 0.15) is 11.6 Å². The van der Waals surface area contributed by atoms with E-state index in [0.717, 1.165) is 6.04 Å². The summed E-state index contributed by atoms with van der Waals surface area (Å²) < 4.78 is 4.95. The van der Waals surface area contributed by atoms with Crippen molar-refractivity contribution in [3.63, 3.8) is 0 Å². The van der Waals surface area contributed by atoms with Gasteiger partial charge in [-0.3, -0.25) is 0 Å². The maximum atomic E-state index is 11.0. The van der Waals surface area contributed by atoms with Crippen molar-refractivity contribution in [3.8, 4) is 6.07 Å². The molecule has 0 aromatic carbocycles. The fourth-order valence-electron chi connectivity index (χ4n) is 0.496. The Balaban J connectivity index is 3.99. The molecule has 0 unspecified atom stereocenters. The molecular formula is C9H15NO2Si. The third kappa shape index (κ3) is 4.48. The van der Waals surface area contributed by atoms with Crippen molar-refractivity contribution in [2.75, 3.05) is 6.23 Å². The van der Waals surface area contributed by atoms with Crippen LogP contribution in [-0.2, 0) is 9.53 Å². The number of hydrogen-bond donors (Lipinski definition) is 0. The minimum absolute atomic E-state index is 0.124. The number of rotatable bonds is 4. The summed E-state index contributed by atoms with van der Waals surface area (Å²) in [5, 5.41) is 8.35. The van der Waals surface area contributed by atoms with E-state index in [-0.39, 0.29) is 5.57 Å². The van der Waals surface area contributed by atoms with Gasteiger partial charge in [-0.25, -0.2) is 4.79 Å². The minimum atomic E-state index is -1.39. The maximum absolute atomic E-state index is 11.0. The molecule has 0 amide bonds. The topological polar surface area (TPSA) is 50.1 Å². The summed E-state index contributed by atoms with van der Waals surface area (Å²) in [7, 11) is -1.39. The molecule has 0 rings (SSSR count). The van der Waals surface area contributed by atoms with E-state index >= 15 is 0 Å². The molecule has 0 bridgehead atoms. The first-order chi connectivity index (χ1) is 5.93. The SMILES string of the molecule is C=C(C#N)C(=O)OC[Si](C)(C)CC. The molecule has 0 saturated heterocycles. The van der Waals surface area contributed by atoms with Crippen molar-refractivity contribution in [1.82, 2.24) is 0 Å². The number of nitriles is 1. The van der Waals surface area contributed by atoms with Gasteiger partial charge in [-0.15, -0.1) is 0 Å². The van der Waals surface area contributed by atoms with Crippen LogP contribution in [0.15, 0.2) is 12.2 Å². The van der Waals surface area contributed by atoms with E-state index in [1.807, 2.05) is 0 Å². The summed E-state index contributed by atoms with van der Waals surface area (Å²) in [6.45, 7) is 9.63. The van der Waals surface area contributed by atoms with Crippen LogP contribution in [0.3, 0.4) is 0 Å². The molecule has 0 aromatic heterocycles. The second kappa shape index (κ2) is 4.82. The standard InChI is InChI=1S/C9H15NO2Si/c1-5-13(3,4)7-12-9(11)8(2)6-10/h2,5,7H2,1,3-4H3. The van der Waals surface area contributed by atoms with E-state index in [1.54, 1.807) is 6.07 Å². The van der Waals surface area contributed by atoms with E-state index in [9.17, 15) is 4.79 Å². The highest BCUT2D eigenvalue weighted by Crippen LogP contribution is 2.09. The molecule has 0 atom stereocenters. The number of carbonyl (C=O) groups excluding carboxylic acids is 1. The molecule has 0 N–H and O–H groups in total. The zero-order valence-corrected chi connectivity index (χ0v) is 9.39. The van der Waals surface area contributed by atoms with Crippen LogP contribution < -0.4 is 0 Å². The van der Waals surface area contributed by atoms with E-state index in [2.05, 4.69) is 26.6 Å². The normalized spacial score (nSPS) is 10.3. The maximum Gasteiger partial charge on any atom is 0.347 e. The third-order valence-electron chi connectivity index (χ3n) is 1.93. The highest BCUT2D eigenvalue weighted by Gasteiger charge is 2.21. The molecule has 13 heavy (non-hydrogen) atoms. The fourth-order valence-corrected chi connectivity index (χ4v) is 1.22. The predicted molar refractivity (Wildman–Crippen MR) is 53.7 cm³/mol. The largest absolute Gasteiger partial charge is 0.465 e. The lowest BCUT2D eigenvalue weighted by molar-refractivity contribution is -0.136. The van der Waals surface area contributed by atoms with Gasteiger partial charge in [-0.1, -0.05) is 32.6 Å². The second-order valence-corrected chi connectivity index (χ2v) is 9.01. The lowest BCUT2D eigenvalue weighted by atomic mass is 10.3. The average Bonchev–Trinajstić information content (AvgIpc) is 2.13. The van der Waals surface area contributed by atoms with Crippen LogP contribution in [0.25, 0.3) is 0 Å². The summed E-state index contributed by atoms with van der Waals surface area (Å²) in [6.07, 6.45) is 0.461. The molecule has 0 heterocycles. The van der Waals surface area contributed by atoms with Crippen LogP contribution in [0, 0.1) is 11.3 Å². The van der Waals surface area contributed by atoms with Gasteiger partial charge in [0, 0.05) is 0 Å². The molecule has 0 aromatic rings. The molecule has 0 fully saturated rings. The first-order valence-corrected chi connectivity index (χ1v) is 7.60. The van der Waals surface area contributed by atoms with Crippen molar-refractivity contribution in [1.29, 1.82) is 5.26 Å². The van der Waals surface area contributed by atoms with Gasteiger partial charge < -0.3 is 4.74 Å². The van der Waals surface area contributed by atoms with Crippen molar-refractivity contribution in [3.05, 3.63) is 12.2 Å². The van der Waals surface area contributed by atoms with Gasteiger partial charge in [-0.2, -0.15) is 5.26 Å². The molecule has 0 aliphatic heterocycles. The Morgan fingerprint density at radius 3 is 2.54 bits per heavy atom. The van der Waals surface area contributed by atoms with Crippen LogP contribution in [0.4, 0.5) is 0 Å². The van der Waals surface area contributed by atoms with E-state index in [0.29, 0.717) is 6.23 Å². The first-order valence-electron chi connectivity index (χ1n) is 4.19. The lowest BCUT2D eigenvalue weighted by Crippen LogP contribution is -2.33. The number of nitrogens with zero attached hydrogens (tertiary/aromatic N) is 1. The van der Waals surface area contributed by atoms with Crippen molar-refractivity contribution >= 4 is 14.0 Å². The summed E-state index contributed by atoms with van der Waals surface area (Å²) in [4.78, 5) is 11.0. The second-order valence-electron chi connectivity index (χ2n) is 3.68. The van der Waals surface area contributed by atoms with Gasteiger partial charge in [-0.05, 0) is 0 Å². The minimum Gasteiger partial charge on any atom is -0.465 e. The zero-order valence-electron chi connectivity index (χ0n) is 8.39. The van der Waals surface area contributed by atoms with Crippen LogP contribution in [0.5, 0.6) is 0 Å². The Labute approximate surface area is 80.0 Å². The van der Waals surface area contributed by atoms with Crippen molar-refractivity contribution < 1.29 is 9.53 Å². The molecule has 72 valence electrons. The molecule has 0 aliphatic carbocycles. The Morgan fingerprint density at radius 1 is 1.62 bits per heavy atom. The fraction of sp³-hybridized carbons (Fsp3) is 0.556. The Morgan fingerprint density at radius 2 is 2.15 bits per heavy atom. The van der Waals surface area contributed by atoms with Gasteiger partial charge >= 0.3 is 5.97 Å². The van der Waals surface area contributed by atoms with Gasteiger partial charge in [0.2, 0.25) is 0 Å². The highest BCUT2D eigenvalue weighted by molar-refractivity contribution is 6.77. The Bertz CT molecular complexity index is 253. The van der Waals surface area contributed by atoms with Crippen molar-refractivity contribution in [2.24, 2.45) is 0 Å². The number of esters is 1. The molecule has 0 saturated carbocycles. The highest BCUT2D eigenvalue weighted by atomic mass is 28.3. The summed E-state index contributed by atoms with van der Waals surface area (Å²) in [6, 6.07) is 2.72. The summed E-state index contributed by atoms with van der Waals surface area (Å²) >= 11 is 0. The Hall–Kier alpha value is -1.08. The average molecular weight is 197 g/mol. The van der Waals surface area contributed by atoms with Crippen LogP contribution >= 0.6 is 0 Å². The number of carbonyl (C=O) groups is 1. The van der Waals surface area contributed by atoms with Crippen LogP contribution in [0.1, 0.15) is 6.92 Å². The molecule has 4 heteroatoms. The third-order valence-corrected chi connectivity index (χ3v) is 4.77. The van der Waals surface area contributed by atoms with Crippen LogP contribution in [-0.4, -0.2) is 20.3 Å². The van der Waals surface area contributed by atoms with E-state index in [4.69, 9.17) is 10.00 Å². The van der Waals surface area contributed by atoms with Gasteiger partial charge in [0.25, 0.3) is 0 Å². The molecule has 0 spiro atoms. The van der Waals surface area contributed by atoms with Crippen molar-refractivity contribution in [2.45, 2.75) is 26.1 Å². The smallest absolute Gasteiger partial charge is 0.347 e. The molecule has 3 nitrogen and oxygen atoms in total. The molecule has 0 aliphatic rings. The Kier molecular flexibility index (Phi) is 4.42. The number of hydrogen-bond acceptors (Lipinski definition) is 3. The first kappa shape index (κ1) is 11.9. The number of ether oxygens (including phenoxy) is 1. The molecule has 0 radical (unpaired) electrons.